The van der Waals surface area contributed by atoms with Crippen molar-refractivity contribution in [2.45, 2.75) is 20.3 Å². The van der Waals surface area contributed by atoms with Crippen molar-refractivity contribution >= 4 is 35.2 Å². The SMILES string of the molecule is CCc1nc(=S)c(C)c(-c2sccc2Cl)[nH]1. The lowest BCUT2D eigenvalue weighted by Gasteiger charge is -2.07. The van der Waals surface area contributed by atoms with Gasteiger partial charge >= 0.3 is 0 Å². The molecule has 2 heterocycles. The van der Waals surface area contributed by atoms with E-state index in [1.807, 2.05) is 25.3 Å². The van der Waals surface area contributed by atoms with Gasteiger partial charge in [0, 0.05) is 12.0 Å². The number of hydrogen-bond donors (Lipinski definition) is 1. The fourth-order valence-corrected chi connectivity index (χ4v) is 2.87. The van der Waals surface area contributed by atoms with Crippen LogP contribution < -0.4 is 0 Å². The van der Waals surface area contributed by atoms with E-state index in [1.54, 1.807) is 11.3 Å². The summed E-state index contributed by atoms with van der Waals surface area (Å²) in [5.74, 6) is 0.898. The zero-order chi connectivity index (χ0) is 11.7. The van der Waals surface area contributed by atoms with Crippen LogP contribution in [0.4, 0.5) is 0 Å². The molecule has 0 aliphatic carbocycles. The number of rotatable bonds is 2. The zero-order valence-electron chi connectivity index (χ0n) is 9.00. The van der Waals surface area contributed by atoms with E-state index in [4.69, 9.17) is 23.8 Å². The van der Waals surface area contributed by atoms with Crippen LogP contribution in [0.2, 0.25) is 5.02 Å². The van der Waals surface area contributed by atoms with Crippen LogP contribution in [0.15, 0.2) is 11.4 Å². The first-order valence-electron chi connectivity index (χ1n) is 4.96. The molecule has 0 aromatic carbocycles. The monoisotopic (exact) mass is 270 g/mol. The van der Waals surface area contributed by atoms with E-state index < -0.39 is 0 Å². The molecule has 84 valence electrons. The second kappa shape index (κ2) is 4.65. The Bertz CT molecular complexity index is 572. The minimum absolute atomic E-state index is 0.648. The molecule has 2 aromatic heterocycles. The van der Waals surface area contributed by atoms with Crippen LogP contribution in [-0.2, 0) is 6.42 Å². The summed E-state index contributed by atoms with van der Waals surface area (Å²) in [6.45, 7) is 4.01. The zero-order valence-corrected chi connectivity index (χ0v) is 11.4. The third kappa shape index (κ3) is 2.05. The minimum Gasteiger partial charge on any atom is -0.342 e. The molecule has 0 saturated heterocycles. The van der Waals surface area contributed by atoms with E-state index in [9.17, 15) is 0 Å². The quantitative estimate of drug-likeness (QED) is 0.820. The standard InChI is InChI=1S/C11H11ClN2S2/c1-3-8-13-9(6(2)11(15)14-8)10-7(12)4-5-16-10/h4-5H,3H2,1-2H3,(H,13,14,15). The first-order chi connectivity index (χ1) is 7.63. The van der Waals surface area contributed by atoms with Crippen LogP contribution in [0.1, 0.15) is 18.3 Å². The maximum absolute atomic E-state index is 6.13. The van der Waals surface area contributed by atoms with Crippen LogP contribution in [0.5, 0.6) is 0 Å². The van der Waals surface area contributed by atoms with Crippen molar-refractivity contribution in [1.82, 2.24) is 9.97 Å². The van der Waals surface area contributed by atoms with Gasteiger partial charge in [0.25, 0.3) is 0 Å². The van der Waals surface area contributed by atoms with Crippen LogP contribution in [0, 0.1) is 11.6 Å². The number of thiophene rings is 1. The van der Waals surface area contributed by atoms with E-state index >= 15 is 0 Å². The van der Waals surface area contributed by atoms with Crippen molar-refractivity contribution < 1.29 is 0 Å². The van der Waals surface area contributed by atoms with Crippen molar-refractivity contribution in [3.05, 3.63) is 32.5 Å². The van der Waals surface area contributed by atoms with Gasteiger partial charge in [-0.1, -0.05) is 30.7 Å². The number of aromatic nitrogens is 2. The van der Waals surface area contributed by atoms with Gasteiger partial charge in [-0.2, -0.15) is 0 Å². The first-order valence-corrected chi connectivity index (χ1v) is 6.63. The smallest absolute Gasteiger partial charge is 0.133 e. The summed E-state index contributed by atoms with van der Waals surface area (Å²) in [5, 5.41) is 2.73. The highest BCUT2D eigenvalue weighted by molar-refractivity contribution is 7.71. The number of hydrogen-bond acceptors (Lipinski definition) is 3. The second-order valence-electron chi connectivity index (χ2n) is 3.44. The van der Waals surface area contributed by atoms with Crippen LogP contribution in [0.25, 0.3) is 10.6 Å². The highest BCUT2D eigenvalue weighted by Gasteiger charge is 2.11. The average molecular weight is 271 g/mol. The summed E-state index contributed by atoms with van der Waals surface area (Å²) in [6, 6.07) is 1.89. The second-order valence-corrected chi connectivity index (χ2v) is 5.15. The fraction of sp³-hybridized carbons (Fsp3) is 0.273. The molecular formula is C11H11ClN2S2. The third-order valence-electron chi connectivity index (χ3n) is 2.38. The van der Waals surface area contributed by atoms with Crippen molar-refractivity contribution in [3.63, 3.8) is 0 Å². The Kier molecular flexibility index (Phi) is 3.42. The molecule has 0 aliphatic rings. The van der Waals surface area contributed by atoms with E-state index in [0.717, 1.165) is 33.4 Å². The Hall–Kier alpha value is -0.710. The number of nitrogens with one attached hydrogen (secondary N) is 1. The van der Waals surface area contributed by atoms with Gasteiger partial charge in [-0.05, 0) is 18.4 Å². The van der Waals surface area contributed by atoms with Crippen molar-refractivity contribution in [2.24, 2.45) is 0 Å². The molecule has 0 spiro atoms. The Morgan fingerprint density at radius 2 is 2.31 bits per heavy atom. The molecule has 2 aromatic rings. The molecule has 1 N–H and O–H groups in total. The molecule has 16 heavy (non-hydrogen) atoms. The van der Waals surface area contributed by atoms with E-state index in [0.29, 0.717) is 4.64 Å². The molecule has 0 atom stereocenters. The highest BCUT2D eigenvalue weighted by atomic mass is 35.5. The van der Waals surface area contributed by atoms with Gasteiger partial charge in [-0.15, -0.1) is 11.3 Å². The van der Waals surface area contributed by atoms with E-state index in [-0.39, 0.29) is 0 Å². The molecule has 0 fully saturated rings. The summed E-state index contributed by atoms with van der Waals surface area (Å²) in [7, 11) is 0. The predicted molar refractivity (Wildman–Crippen MR) is 71.9 cm³/mol. The van der Waals surface area contributed by atoms with Gasteiger partial charge in [0.05, 0.1) is 15.6 Å². The molecule has 0 unspecified atom stereocenters. The number of aryl methyl sites for hydroxylation is 1. The lowest BCUT2D eigenvalue weighted by Crippen LogP contribution is -1.98. The number of aromatic amines is 1. The molecule has 0 saturated carbocycles. The van der Waals surface area contributed by atoms with Gasteiger partial charge in [-0.3, -0.25) is 0 Å². The topological polar surface area (TPSA) is 28.7 Å². The van der Waals surface area contributed by atoms with Gasteiger partial charge < -0.3 is 4.98 Å². The Balaban J connectivity index is 2.69. The highest BCUT2D eigenvalue weighted by Crippen LogP contribution is 2.33. The van der Waals surface area contributed by atoms with Crippen LogP contribution in [0.3, 0.4) is 0 Å². The third-order valence-corrected chi connectivity index (χ3v) is 4.14. The summed E-state index contributed by atoms with van der Waals surface area (Å²) >= 11 is 13.0. The molecule has 2 nitrogen and oxygen atoms in total. The first kappa shape index (κ1) is 11.8. The van der Waals surface area contributed by atoms with Gasteiger partial charge in [0.2, 0.25) is 0 Å². The molecule has 0 amide bonds. The van der Waals surface area contributed by atoms with Crippen LogP contribution in [-0.4, -0.2) is 9.97 Å². The van der Waals surface area contributed by atoms with Gasteiger partial charge in [0.1, 0.15) is 10.5 Å². The van der Waals surface area contributed by atoms with Crippen molar-refractivity contribution in [1.29, 1.82) is 0 Å². The normalized spacial score (nSPS) is 10.7. The van der Waals surface area contributed by atoms with E-state index in [2.05, 4.69) is 9.97 Å². The molecule has 5 heteroatoms. The lowest BCUT2D eigenvalue weighted by molar-refractivity contribution is 0.927. The molecule has 0 radical (unpaired) electrons. The molecule has 2 rings (SSSR count). The van der Waals surface area contributed by atoms with Gasteiger partial charge in [0.15, 0.2) is 0 Å². The minimum atomic E-state index is 0.648. The molecular weight excluding hydrogens is 260 g/mol. The summed E-state index contributed by atoms with van der Waals surface area (Å²) in [5.41, 5.74) is 1.98. The maximum Gasteiger partial charge on any atom is 0.133 e. The molecule has 0 aliphatic heterocycles. The van der Waals surface area contributed by atoms with Gasteiger partial charge in [-0.25, -0.2) is 4.98 Å². The summed E-state index contributed by atoms with van der Waals surface area (Å²) in [6.07, 6.45) is 0.833. The Labute approximate surface area is 108 Å². The lowest BCUT2D eigenvalue weighted by atomic mass is 10.2. The number of nitrogens with zero attached hydrogens (tertiary/aromatic N) is 1. The van der Waals surface area contributed by atoms with E-state index in [1.165, 1.54) is 0 Å². The summed E-state index contributed by atoms with van der Waals surface area (Å²) < 4.78 is 0.648. The average Bonchev–Trinajstić information content (AvgIpc) is 2.68. The maximum atomic E-state index is 6.13. The Morgan fingerprint density at radius 3 is 2.88 bits per heavy atom. The Morgan fingerprint density at radius 1 is 1.56 bits per heavy atom. The number of halogens is 1. The number of H-pyrrole nitrogens is 1. The predicted octanol–water partition coefficient (Wildman–Crippen LogP) is 4.39. The van der Waals surface area contributed by atoms with Crippen molar-refractivity contribution in [2.75, 3.05) is 0 Å². The molecule has 0 bridgehead atoms. The van der Waals surface area contributed by atoms with Crippen molar-refractivity contribution in [3.8, 4) is 10.6 Å². The van der Waals surface area contributed by atoms with Crippen LogP contribution >= 0.6 is 35.2 Å². The summed E-state index contributed by atoms with van der Waals surface area (Å²) in [4.78, 5) is 8.64. The fourth-order valence-electron chi connectivity index (χ4n) is 1.45. The largest absolute Gasteiger partial charge is 0.342 e.